The molecule has 0 radical (unpaired) electrons. The van der Waals surface area contributed by atoms with Gasteiger partial charge in [0.2, 0.25) is 5.79 Å². The van der Waals surface area contributed by atoms with Crippen molar-refractivity contribution in [2.24, 2.45) is 0 Å². The van der Waals surface area contributed by atoms with Gasteiger partial charge in [-0.05, 0) is 35.9 Å². The van der Waals surface area contributed by atoms with Gasteiger partial charge in [0.15, 0.2) is 12.2 Å². The van der Waals surface area contributed by atoms with Gasteiger partial charge in [0, 0.05) is 5.56 Å². The molecule has 10 nitrogen and oxygen atoms in total. The Kier molecular flexibility index (Phi) is 6.75. The van der Waals surface area contributed by atoms with Crippen LogP contribution in [0.1, 0.15) is 12.5 Å². The first-order valence-corrected chi connectivity index (χ1v) is 11.3. The van der Waals surface area contributed by atoms with E-state index in [0.29, 0.717) is 11.3 Å². The van der Waals surface area contributed by atoms with Crippen LogP contribution in [0, 0.1) is 0 Å². The zero-order chi connectivity index (χ0) is 23.7. The van der Waals surface area contributed by atoms with Gasteiger partial charge in [0.25, 0.3) is 10.1 Å². The minimum atomic E-state index is -3.95. The molecule has 3 atom stereocenters. The van der Waals surface area contributed by atoms with Crippen molar-refractivity contribution in [3.63, 3.8) is 0 Å². The Morgan fingerprint density at radius 2 is 1.47 bits per heavy atom. The minimum Gasteiger partial charge on any atom is -0.497 e. The van der Waals surface area contributed by atoms with Crippen molar-refractivity contribution in [2.75, 3.05) is 27.6 Å². The summed E-state index contributed by atoms with van der Waals surface area (Å²) in [6, 6.07) is 10.4. The molecule has 1 aliphatic heterocycles. The summed E-state index contributed by atoms with van der Waals surface area (Å²) in [4.78, 5) is 24.7. The van der Waals surface area contributed by atoms with E-state index in [1.165, 1.54) is 6.92 Å². The Balaban J connectivity index is 2.16. The topological polar surface area (TPSA) is 124 Å². The van der Waals surface area contributed by atoms with Gasteiger partial charge in [-0.25, -0.2) is 9.59 Å². The Hall–Kier alpha value is -2.73. The van der Waals surface area contributed by atoms with E-state index in [1.807, 2.05) is 6.07 Å². The third-order valence-electron chi connectivity index (χ3n) is 5.05. The van der Waals surface area contributed by atoms with Gasteiger partial charge in [-0.3, -0.25) is 4.18 Å². The lowest BCUT2D eigenvalue weighted by Crippen LogP contribution is -2.43. The van der Waals surface area contributed by atoms with E-state index < -0.39 is 46.2 Å². The molecule has 0 aromatic heterocycles. The van der Waals surface area contributed by atoms with Gasteiger partial charge in [0.1, 0.15) is 11.9 Å². The standard InChI is InChI=1S/C21H24O10S/c1-12(31-32(5,24)25)21(29-17(19(22)27-3)18(30-21)20(23)28-4)15-8-6-14-11-16(26-2)9-7-13(14)10-15/h6-12,17-18H,1-5H3/t12?,17-,18-/m1/s1. The fourth-order valence-electron chi connectivity index (χ4n) is 3.56. The summed E-state index contributed by atoms with van der Waals surface area (Å²) in [7, 11) is -0.154. The number of esters is 2. The Bertz CT molecular complexity index is 1100. The lowest BCUT2D eigenvalue weighted by atomic mass is 9.97. The number of methoxy groups -OCH3 is 3. The van der Waals surface area contributed by atoms with Crippen LogP contribution in [0.2, 0.25) is 0 Å². The summed E-state index contributed by atoms with van der Waals surface area (Å²) in [5.41, 5.74) is 0.326. The number of hydrogen-bond acceptors (Lipinski definition) is 10. The van der Waals surface area contributed by atoms with E-state index in [1.54, 1.807) is 37.4 Å². The molecule has 1 aliphatic rings. The average molecular weight is 468 g/mol. The third kappa shape index (κ3) is 4.56. The van der Waals surface area contributed by atoms with Crippen LogP contribution in [0.5, 0.6) is 5.75 Å². The van der Waals surface area contributed by atoms with Crippen LogP contribution in [-0.4, -0.2) is 66.3 Å². The van der Waals surface area contributed by atoms with Crippen molar-refractivity contribution < 1.29 is 45.9 Å². The molecule has 0 spiro atoms. The van der Waals surface area contributed by atoms with E-state index >= 15 is 0 Å². The zero-order valence-electron chi connectivity index (χ0n) is 18.2. The molecule has 2 aromatic rings. The third-order valence-corrected chi connectivity index (χ3v) is 5.69. The van der Waals surface area contributed by atoms with Crippen molar-refractivity contribution in [1.82, 2.24) is 0 Å². The summed E-state index contributed by atoms with van der Waals surface area (Å²) in [6.07, 6.45) is -3.43. The number of hydrogen-bond donors (Lipinski definition) is 0. The molecule has 0 bridgehead atoms. The highest BCUT2D eigenvalue weighted by Gasteiger charge is 2.59. The average Bonchev–Trinajstić information content (AvgIpc) is 3.18. The number of fused-ring (bicyclic) bond motifs is 1. The maximum atomic E-state index is 12.3. The fourth-order valence-corrected chi connectivity index (χ4v) is 4.21. The van der Waals surface area contributed by atoms with E-state index in [0.717, 1.165) is 31.2 Å². The molecular weight excluding hydrogens is 444 g/mol. The van der Waals surface area contributed by atoms with Crippen LogP contribution < -0.4 is 4.74 Å². The van der Waals surface area contributed by atoms with E-state index in [4.69, 9.17) is 27.9 Å². The van der Waals surface area contributed by atoms with Crippen LogP contribution in [0.4, 0.5) is 0 Å². The van der Waals surface area contributed by atoms with Crippen LogP contribution in [0.25, 0.3) is 10.8 Å². The van der Waals surface area contributed by atoms with E-state index in [2.05, 4.69) is 0 Å². The lowest BCUT2D eigenvalue weighted by molar-refractivity contribution is -0.233. The van der Waals surface area contributed by atoms with Crippen molar-refractivity contribution in [3.05, 3.63) is 42.0 Å². The second kappa shape index (κ2) is 9.02. The zero-order valence-corrected chi connectivity index (χ0v) is 19.0. The second-order valence-electron chi connectivity index (χ2n) is 7.16. The number of benzene rings is 2. The smallest absolute Gasteiger partial charge is 0.338 e. The quantitative estimate of drug-likeness (QED) is 0.436. The predicted molar refractivity (Wildman–Crippen MR) is 111 cm³/mol. The first-order valence-electron chi connectivity index (χ1n) is 9.52. The summed E-state index contributed by atoms with van der Waals surface area (Å²) in [5.74, 6) is -3.06. The van der Waals surface area contributed by atoms with Crippen LogP contribution >= 0.6 is 0 Å². The first-order chi connectivity index (χ1) is 15.0. The molecule has 11 heteroatoms. The summed E-state index contributed by atoms with van der Waals surface area (Å²) >= 11 is 0. The molecule has 174 valence electrons. The lowest BCUT2D eigenvalue weighted by Gasteiger charge is -2.33. The van der Waals surface area contributed by atoms with Crippen LogP contribution in [0.3, 0.4) is 0 Å². The Morgan fingerprint density at radius 1 is 0.938 bits per heavy atom. The maximum absolute atomic E-state index is 12.3. The summed E-state index contributed by atoms with van der Waals surface area (Å²) in [5, 5.41) is 1.57. The fraction of sp³-hybridized carbons (Fsp3) is 0.429. The molecule has 1 heterocycles. The van der Waals surface area contributed by atoms with Crippen molar-refractivity contribution in [2.45, 2.75) is 31.0 Å². The van der Waals surface area contributed by atoms with Crippen LogP contribution in [0.15, 0.2) is 36.4 Å². The monoisotopic (exact) mass is 468 g/mol. The van der Waals surface area contributed by atoms with Gasteiger partial charge >= 0.3 is 11.9 Å². The molecule has 0 amide bonds. The van der Waals surface area contributed by atoms with Gasteiger partial charge in [-0.1, -0.05) is 18.2 Å². The molecule has 2 aromatic carbocycles. The molecule has 32 heavy (non-hydrogen) atoms. The van der Waals surface area contributed by atoms with Gasteiger partial charge < -0.3 is 23.7 Å². The molecule has 1 unspecified atom stereocenters. The molecule has 3 rings (SSSR count). The molecular formula is C21H24O10S. The second-order valence-corrected chi connectivity index (χ2v) is 8.76. The molecule has 0 saturated carbocycles. The molecule has 0 aliphatic carbocycles. The van der Waals surface area contributed by atoms with Gasteiger partial charge in [-0.15, -0.1) is 0 Å². The van der Waals surface area contributed by atoms with E-state index in [-0.39, 0.29) is 0 Å². The molecule has 1 fully saturated rings. The van der Waals surface area contributed by atoms with Crippen molar-refractivity contribution in [1.29, 1.82) is 0 Å². The van der Waals surface area contributed by atoms with E-state index in [9.17, 15) is 18.0 Å². The summed E-state index contributed by atoms with van der Waals surface area (Å²) < 4.78 is 55.4. The Labute approximate surface area is 185 Å². The number of carbonyl (C=O) groups excluding carboxylic acids is 2. The summed E-state index contributed by atoms with van der Waals surface area (Å²) in [6.45, 7) is 1.40. The first kappa shape index (κ1) is 23.9. The predicted octanol–water partition coefficient (Wildman–Crippen LogP) is 1.50. The van der Waals surface area contributed by atoms with Crippen molar-refractivity contribution >= 4 is 32.8 Å². The van der Waals surface area contributed by atoms with Crippen LogP contribution in [-0.2, 0) is 48.6 Å². The van der Waals surface area contributed by atoms with Gasteiger partial charge in [0.05, 0.1) is 27.6 Å². The highest BCUT2D eigenvalue weighted by atomic mass is 32.2. The normalized spacial score (nSPS) is 21.2. The Morgan fingerprint density at radius 3 is 1.97 bits per heavy atom. The highest BCUT2D eigenvalue weighted by Crippen LogP contribution is 2.44. The number of rotatable bonds is 7. The minimum absolute atomic E-state index is 0.326. The molecule has 0 N–H and O–H groups in total. The van der Waals surface area contributed by atoms with Gasteiger partial charge in [-0.2, -0.15) is 8.42 Å². The maximum Gasteiger partial charge on any atom is 0.338 e. The molecule has 1 saturated heterocycles. The number of carbonyl (C=O) groups is 2. The SMILES string of the molecule is COC(=O)[C@@H]1OC(c2ccc3cc(OC)ccc3c2)(C(C)OS(C)(=O)=O)O[C@H]1C(=O)OC. The highest BCUT2D eigenvalue weighted by molar-refractivity contribution is 7.86. The number of ether oxygens (including phenoxy) is 5. The largest absolute Gasteiger partial charge is 0.497 e. The van der Waals surface area contributed by atoms with Crippen molar-refractivity contribution in [3.8, 4) is 5.75 Å².